The van der Waals surface area contributed by atoms with Crippen molar-refractivity contribution in [3.63, 3.8) is 0 Å². The SMILES string of the molecule is CCCNC(C)c1cccc(SCCSCC)c1. The van der Waals surface area contributed by atoms with E-state index in [0.29, 0.717) is 6.04 Å². The van der Waals surface area contributed by atoms with E-state index in [4.69, 9.17) is 0 Å². The molecule has 0 aromatic heterocycles. The van der Waals surface area contributed by atoms with E-state index in [-0.39, 0.29) is 0 Å². The average Bonchev–Trinajstić information content (AvgIpc) is 2.41. The molecule has 1 nitrogen and oxygen atoms in total. The molecule has 0 saturated heterocycles. The summed E-state index contributed by atoms with van der Waals surface area (Å²) in [6, 6.07) is 9.40. The van der Waals surface area contributed by atoms with Crippen LogP contribution in [0.5, 0.6) is 0 Å². The number of hydrogen-bond donors (Lipinski definition) is 1. The Labute approximate surface area is 121 Å². The van der Waals surface area contributed by atoms with E-state index in [1.807, 2.05) is 23.5 Å². The summed E-state index contributed by atoms with van der Waals surface area (Å²) in [5.41, 5.74) is 1.40. The van der Waals surface area contributed by atoms with Gasteiger partial charge in [0.05, 0.1) is 0 Å². The van der Waals surface area contributed by atoms with Crippen molar-refractivity contribution in [3.05, 3.63) is 29.8 Å². The predicted octanol–water partition coefficient (Wildman–Crippen LogP) is 4.59. The fourth-order valence-corrected chi connectivity index (χ4v) is 3.44. The molecule has 0 amide bonds. The lowest BCUT2D eigenvalue weighted by molar-refractivity contribution is 0.570. The van der Waals surface area contributed by atoms with Crippen LogP contribution in [0, 0.1) is 0 Å². The highest BCUT2D eigenvalue weighted by atomic mass is 32.2. The van der Waals surface area contributed by atoms with Gasteiger partial charge in [0.25, 0.3) is 0 Å². The van der Waals surface area contributed by atoms with Crippen molar-refractivity contribution in [1.29, 1.82) is 0 Å². The molecule has 1 unspecified atom stereocenters. The van der Waals surface area contributed by atoms with Crippen LogP contribution in [-0.2, 0) is 0 Å². The van der Waals surface area contributed by atoms with E-state index in [9.17, 15) is 0 Å². The Hall–Kier alpha value is -0.120. The zero-order chi connectivity index (χ0) is 13.2. The fraction of sp³-hybridized carbons (Fsp3) is 0.600. The van der Waals surface area contributed by atoms with Crippen LogP contribution >= 0.6 is 23.5 Å². The molecular weight excluding hydrogens is 258 g/mol. The quantitative estimate of drug-likeness (QED) is 0.526. The summed E-state index contributed by atoms with van der Waals surface area (Å²) in [5, 5.41) is 3.54. The fourth-order valence-electron chi connectivity index (χ4n) is 1.72. The lowest BCUT2D eigenvalue weighted by Crippen LogP contribution is -2.19. The Balaban J connectivity index is 2.45. The van der Waals surface area contributed by atoms with E-state index in [1.54, 1.807) is 0 Å². The molecule has 0 bridgehead atoms. The van der Waals surface area contributed by atoms with Crippen molar-refractivity contribution in [1.82, 2.24) is 5.32 Å². The van der Waals surface area contributed by atoms with E-state index in [0.717, 1.165) is 6.54 Å². The van der Waals surface area contributed by atoms with Gasteiger partial charge in [-0.25, -0.2) is 0 Å². The molecule has 1 atom stereocenters. The molecule has 102 valence electrons. The van der Waals surface area contributed by atoms with Crippen LogP contribution < -0.4 is 5.32 Å². The Morgan fingerprint density at radius 2 is 2.06 bits per heavy atom. The second kappa shape index (κ2) is 9.76. The highest BCUT2D eigenvalue weighted by Gasteiger charge is 2.04. The van der Waals surface area contributed by atoms with Crippen molar-refractivity contribution < 1.29 is 0 Å². The highest BCUT2D eigenvalue weighted by molar-refractivity contribution is 8.02. The third-order valence-electron chi connectivity index (χ3n) is 2.76. The van der Waals surface area contributed by atoms with Gasteiger partial charge in [0, 0.05) is 22.4 Å². The Morgan fingerprint density at radius 3 is 2.78 bits per heavy atom. The molecule has 18 heavy (non-hydrogen) atoms. The maximum atomic E-state index is 3.54. The van der Waals surface area contributed by atoms with Crippen molar-refractivity contribution in [2.45, 2.75) is 38.1 Å². The zero-order valence-corrected chi connectivity index (χ0v) is 13.4. The third kappa shape index (κ3) is 6.17. The van der Waals surface area contributed by atoms with E-state index >= 15 is 0 Å². The summed E-state index contributed by atoms with van der Waals surface area (Å²) < 4.78 is 0. The highest BCUT2D eigenvalue weighted by Crippen LogP contribution is 2.23. The molecule has 0 radical (unpaired) electrons. The van der Waals surface area contributed by atoms with Gasteiger partial charge in [-0.2, -0.15) is 11.8 Å². The minimum Gasteiger partial charge on any atom is -0.310 e. The number of thioether (sulfide) groups is 2. The molecule has 0 aliphatic carbocycles. The molecule has 1 aromatic carbocycles. The Morgan fingerprint density at radius 1 is 1.22 bits per heavy atom. The smallest absolute Gasteiger partial charge is 0.0292 e. The number of nitrogens with one attached hydrogen (secondary N) is 1. The maximum absolute atomic E-state index is 3.54. The first-order chi connectivity index (χ1) is 8.77. The van der Waals surface area contributed by atoms with Gasteiger partial charge in [0.15, 0.2) is 0 Å². The van der Waals surface area contributed by atoms with Crippen molar-refractivity contribution in [2.75, 3.05) is 23.8 Å². The summed E-state index contributed by atoms with van der Waals surface area (Å²) >= 11 is 3.98. The lowest BCUT2D eigenvalue weighted by Gasteiger charge is -2.14. The van der Waals surface area contributed by atoms with Gasteiger partial charge in [-0.1, -0.05) is 26.0 Å². The Bertz CT molecular complexity index is 328. The first-order valence-corrected chi connectivity index (χ1v) is 8.95. The molecule has 0 fully saturated rings. The van der Waals surface area contributed by atoms with Gasteiger partial charge in [-0.3, -0.25) is 0 Å². The summed E-state index contributed by atoms with van der Waals surface area (Å²) in [5.74, 6) is 3.67. The largest absolute Gasteiger partial charge is 0.310 e. The molecule has 1 N–H and O–H groups in total. The van der Waals surface area contributed by atoms with Crippen LogP contribution in [0.2, 0.25) is 0 Å². The minimum absolute atomic E-state index is 0.454. The van der Waals surface area contributed by atoms with E-state index < -0.39 is 0 Å². The van der Waals surface area contributed by atoms with Gasteiger partial charge in [0.1, 0.15) is 0 Å². The number of hydrogen-bond acceptors (Lipinski definition) is 3. The van der Waals surface area contributed by atoms with Gasteiger partial charge in [0.2, 0.25) is 0 Å². The van der Waals surface area contributed by atoms with Gasteiger partial charge in [-0.15, -0.1) is 11.8 Å². The number of benzene rings is 1. The molecule has 0 aliphatic heterocycles. The van der Waals surface area contributed by atoms with Crippen LogP contribution in [-0.4, -0.2) is 23.8 Å². The summed E-state index contributed by atoms with van der Waals surface area (Å²) in [4.78, 5) is 1.40. The average molecular weight is 284 g/mol. The minimum atomic E-state index is 0.454. The predicted molar refractivity (Wildman–Crippen MR) is 86.9 cm³/mol. The molecule has 0 heterocycles. The van der Waals surface area contributed by atoms with E-state index in [2.05, 4.69) is 50.4 Å². The van der Waals surface area contributed by atoms with Crippen molar-refractivity contribution in [2.24, 2.45) is 0 Å². The van der Waals surface area contributed by atoms with Crippen LogP contribution in [0.1, 0.15) is 38.8 Å². The third-order valence-corrected chi connectivity index (χ3v) is 4.91. The maximum Gasteiger partial charge on any atom is 0.0292 e. The second-order valence-corrected chi connectivity index (χ2v) is 6.86. The molecule has 0 spiro atoms. The standard InChI is InChI=1S/C15H25NS2/c1-4-9-16-13(3)14-7-6-8-15(12-14)18-11-10-17-5-2/h6-8,12-13,16H,4-5,9-11H2,1-3H3. The normalized spacial score (nSPS) is 12.6. The van der Waals surface area contributed by atoms with Gasteiger partial charge >= 0.3 is 0 Å². The second-order valence-electron chi connectivity index (χ2n) is 4.29. The topological polar surface area (TPSA) is 12.0 Å². The van der Waals surface area contributed by atoms with Crippen LogP contribution in [0.3, 0.4) is 0 Å². The molecule has 0 saturated carbocycles. The van der Waals surface area contributed by atoms with Gasteiger partial charge in [-0.05, 0) is 43.3 Å². The first-order valence-electron chi connectivity index (χ1n) is 6.81. The van der Waals surface area contributed by atoms with Crippen molar-refractivity contribution in [3.8, 4) is 0 Å². The first kappa shape index (κ1) is 15.9. The van der Waals surface area contributed by atoms with Gasteiger partial charge < -0.3 is 5.32 Å². The molecule has 0 aliphatic rings. The Kier molecular flexibility index (Phi) is 8.64. The summed E-state index contributed by atoms with van der Waals surface area (Å²) in [6.07, 6.45) is 1.19. The van der Waals surface area contributed by atoms with Crippen LogP contribution in [0.15, 0.2) is 29.2 Å². The lowest BCUT2D eigenvalue weighted by atomic mass is 10.1. The zero-order valence-electron chi connectivity index (χ0n) is 11.7. The molecular formula is C15H25NS2. The molecule has 3 heteroatoms. The molecule has 1 rings (SSSR count). The van der Waals surface area contributed by atoms with Crippen molar-refractivity contribution >= 4 is 23.5 Å². The van der Waals surface area contributed by atoms with Crippen LogP contribution in [0.25, 0.3) is 0 Å². The monoisotopic (exact) mass is 283 g/mol. The summed E-state index contributed by atoms with van der Waals surface area (Å²) in [6.45, 7) is 7.76. The summed E-state index contributed by atoms with van der Waals surface area (Å²) in [7, 11) is 0. The van der Waals surface area contributed by atoms with E-state index in [1.165, 1.54) is 34.1 Å². The van der Waals surface area contributed by atoms with Crippen LogP contribution in [0.4, 0.5) is 0 Å². The number of rotatable bonds is 9. The molecule has 1 aromatic rings.